The van der Waals surface area contributed by atoms with Gasteiger partial charge in [-0.25, -0.2) is 4.98 Å². The summed E-state index contributed by atoms with van der Waals surface area (Å²) in [5.41, 5.74) is 8.91. The smallest absolute Gasteiger partial charge is 0.250 e. The maximum atomic E-state index is 11.4. The van der Waals surface area contributed by atoms with Crippen molar-refractivity contribution in [2.45, 2.75) is 6.92 Å². The first kappa shape index (κ1) is 21.8. The molecule has 1 aromatic carbocycles. The van der Waals surface area contributed by atoms with E-state index >= 15 is 0 Å². The predicted molar refractivity (Wildman–Crippen MR) is 106 cm³/mol. The van der Waals surface area contributed by atoms with Crippen molar-refractivity contribution in [2.24, 2.45) is 10.7 Å². The Labute approximate surface area is 161 Å². The van der Waals surface area contributed by atoms with E-state index in [-0.39, 0.29) is 18.4 Å². The second-order valence-electron chi connectivity index (χ2n) is 5.12. The normalized spacial score (nSPS) is 11.0. The summed E-state index contributed by atoms with van der Waals surface area (Å²) in [6.07, 6.45) is 0. The van der Waals surface area contributed by atoms with Crippen molar-refractivity contribution in [3.63, 3.8) is 0 Å². The maximum absolute atomic E-state index is 11.4. The molecule has 0 saturated carbocycles. The lowest BCUT2D eigenvalue weighted by atomic mass is 10.0. The highest BCUT2D eigenvalue weighted by Crippen LogP contribution is 2.31. The van der Waals surface area contributed by atoms with E-state index in [0.29, 0.717) is 24.0 Å². The van der Waals surface area contributed by atoms with E-state index < -0.39 is 12.5 Å². The first-order valence-corrected chi connectivity index (χ1v) is 8.46. The lowest BCUT2D eigenvalue weighted by molar-refractivity contribution is -0.118. The van der Waals surface area contributed by atoms with Crippen LogP contribution in [0.5, 0.6) is 0 Å². The van der Waals surface area contributed by atoms with Gasteiger partial charge in [0.25, 0.3) is 0 Å². The number of ether oxygens (including phenoxy) is 1. The summed E-state index contributed by atoms with van der Waals surface area (Å²) >= 11 is 1.37. The molecule has 0 aliphatic carbocycles. The zero-order valence-electron chi connectivity index (χ0n) is 14.5. The topological polar surface area (TPSA) is 122 Å². The Bertz CT molecular complexity index is 766. The predicted octanol–water partition coefficient (Wildman–Crippen LogP) is 1.65. The first-order chi connectivity index (χ1) is 12.0. The van der Waals surface area contributed by atoms with Gasteiger partial charge in [0.1, 0.15) is 6.61 Å². The van der Waals surface area contributed by atoms with Crippen molar-refractivity contribution in [1.82, 2.24) is 10.3 Å². The molecule has 8 nitrogen and oxygen atoms in total. The number of rotatable bonds is 7. The molecule has 0 unspecified atom stereocenters. The summed E-state index contributed by atoms with van der Waals surface area (Å²) in [6.45, 7) is 2.42. The number of aliphatic imine (C=N–C) groups is 1. The monoisotopic (exact) mass is 399 g/mol. The number of aliphatic hydroxyl groups is 1. The highest BCUT2D eigenvalue weighted by molar-refractivity contribution is 7.13. The number of hydrogen-bond donors (Lipinski definition) is 4. The minimum absolute atomic E-state index is 0. The van der Waals surface area contributed by atoms with Crippen LogP contribution in [0.2, 0.25) is 0 Å². The SMILES string of the molecule is COCCNC(N)=Nc1nc(-c2cccc(NC(=O)CO)c2C)cs1.Cl. The number of guanidine groups is 1. The molecule has 0 aliphatic rings. The Kier molecular flexibility index (Phi) is 9.00. The van der Waals surface area contributed by atoms with Crippen LogP contribution in [0.15, 0.2) is 28.6 Å². The fraction of sp³-hybridized carbons (Fsp3) is 0.312. The van der Waals surface area contributed by atoms with E-state index in [2.05, 4.69) is 20.6 Å². The molecule has 1 amide bonds. The van der Waals surface area contributed by atoms with Crippen LogP contribution < -0.4 is 16.4 Å². The van der Waals surface area contributed by atoms with Gasteiger partial charge in [-0.05, 0) is 18.6 Å². The number of aromatic nitrogens is 1. The molecular weight excluding hydrogens is 378 g/mol. The third-order valence-corrected chi connectivity index (χ3v) is 4.08. The number of carbonyl (C=O) groups excluding carboxylic acids is 1. The number of nitrogens with zero attached hydrogens (tertiary/aromatic N) is 2. The van der Waals surface area contributed by atoms with Crippen molar-refractivity contribution in [3.05, 3.63) is 29.1 Å². The van der Waals surface area contributed by atoms with E-state index in [1.807, 2.05) is 24.4 Å². The van der Waals surface area contributed by atoms with Crippen molar-refractivity contribution < 1.29 is 14.6 Å². The maximum Gasteiger partial charge on any atom is 0.250 e. The summed E-state index contributed by atoms with van der Waals surface area (Å²) in [7, 11) is 1.61. The van der Waals surface area contributed by atoms with Gasteiger partial charge in [0.15, 0.2) is 5.96 Å². The summed E-state index contributed by atoms with van der Waals surface area (Å²) in [5, 5.41) is 16.9. The Morgan fingerprint density at radius 2 is 2.23 bits per heavy atom. The summed E-state index contributed by atoms with van der Waals surface area (Å²) in [4.78, 5) is 20.1. The van der Waals surface area contributed by atoms with Crippen LogP contribution in [-0.2, 0) is 9.53 Å². The van der Waals surface area contributed by atoms with Gasteiger partial charge in [-0.2, -0.15) is 4.99 Å². The van der Waals surface area contributed by atoms with Crippen LogP contribution in [0.1, 0.15) is 5.56 Å². The number of thiazole rings is 1. The number of methoxy groups -OCH3 is 1. The lowest BCUT2D eigenvalue weighted by Crippen LogP contribution is -2.33. The molecule has 0 radical (unpaired) electrons. The second kappa shape index (κ2) is 10.7. The zero-order chi connectivity index (χ0) is 18.2. The number of nitrogens with one attached hydrogen (secondary N) is 2. The van der Waals surface area contributed by atoms with E-state index in [1.165, 1.54) is 11.3 Å². The summed E-state index contributed by atoms with van der Waals surface area (Å²) in [5.74, 6) is -0.183. The molecule has 0 spiro atoms. The molecular formula is C16H22ClN5O3S. The van der Waals surface area contributed by atoms with Crippen LogP contribution in [0.3, 0.4) is 0 Å². The van der Waals surface area contributed by atoms with Gasteiger partial charge < -0.3 is 26.2 Å². The molecule has 10 heteroatoms. The molecule has 1 heterocycles. The summed E-state index contributed by atoms with van der Waals surface area (Å²) < 4.78 is 4.93. The third kappa shape index (κ3) is 5.95. The average Bonchev–Trinajstić information content (AvgIpc) is 3.05. The van der Waals surface area contributed by atoms with E-state index in [4.69, 9.17) is 15.6 Å². The second-order valence-corrected chi connectivity index (χ2v) is 5.95. The number of anilines is 1. The minimum atomic E-state index is -0.561. The first-order valence-electron chi connectivity index (χ1n) is 7.58. The fourth-order valence-electron chi connectivity index (χ4n) is 2.10. The van der Waals surface area contributed by atoms with E-state index in [9.17, 15) is 4.79 Å². The fourth-order valence-corrected chi connectivity index (χ4v) is 2.80. The average molecular weight is 400 g/mol. The molecule has 142 valence electrons. The molecule has 2 aromatic rings. The third-order valence-electron chi connectivity index (χ3n) is 3.35. The molecule has 0 bridgehead atoms. The van der Waals surface area contributed by atoms with Crippen LogP contribution in [0.4, 0.5) is 10.8 Å². The standard InChI is InChI=1S/C16H21N5O3S.ClH/c1-10-11(4-3-5-12(10)19-14(23)8-22)13-9-25-16(20-13)21-15(17)18-6-7-24-2;/h3-5,9,22H,6-8H2,1-2H3,(H,19,23)(H3,17,18,20,21);1H. The Balaban J connectivity index is 0.00000338. The number of hydrogen-bond acceptors (Lipinski definition) is 6. The molecule has 0 aliphatic heterocycles. The van der Waals surface area contributed by atoms with Crippen LogP contribution in [0.25, 0.3) is 11.3 Å². The van der Waals surface area contributed by atoms with Crippen molar-refractivity contribution in [3.8, 4) is 11.3 Å². The van der Waals surface area contributed by atoms with Gasteiger partial charge in [0, 0.05) is 30.3 Å². The Hall–Kier alpha value is -2.20. The van der Waals surface area contributed by atoms with Gasteiger partial charge in [-0.15, -0.1) is 23.7 Å². The highest BCUT2D eigenvalue weighted by atomic mass is 35.5. The van der Waals surface area contributed by atoms with Crippen molar-refractivity contribution in [2.75, 3.05) is 32.2 Å². The van der Waals surface area contributed by atoms with Gasteiger partial charge in [0.05, 0.1) is 12.3 Å². The molecule has 5 N–H and O–H groups in total. The van der Waals surface area contributed by atoms with Crippen molar-refractivity contribution >= 4 is 46.4 Å². The minimum Gasteiger partial charge on any atom is -0.387 e. The molecule has 26 heavy (non-hydrogen) atoms. The molecule has 0 saturated heterocycles. The number of halogens is 1. The van der Waals surface area contributed by atoms with Gasteiger partial charge in [0.2, 0.25) is 11.0 Å². The number of benzene rings is 1. The molecule has 0 atom stereocenters. The Morgan fingerprint density at radius 3 is 2.92 bits per heavy atom. The van der Waals surface area contributed by atoms with Crippen LogP contribution in [0, 0.1) is 6.92 Å². The zero-order valence-corrected chi connectivity index (χ0v) is 16.1. The number of amides is 1. The van der Waals surface area contributed by atoms with E-state index in [1.54, 1.807) is 13.2 Å². The van der Waals surface area contributed by atoms with Crippen LogP contribution >= 0.6 is 23.7 Å². The van der Waals surface area contributed by atoms with Crippen LogP contribution in [-0.4, -0.2) is 48.8 Å². The Morgan fingerprint density at radius 1 is 1.46 bits per heavy atom. The highest BCUT2D eigenvalue weighted by Gasteiger charge is 2.11. The van der Waals surface area contributed by atoms with Gasteiger partial charge >= 0.3 is 0 Å². The molecule has 1 aromatic heterocycles. The summed E-state index contributed by atoms with van der Waals surface area (Å²) in [6, 6.07) is 5.50. The number of nitrogens with two attached hydrogens (primary N) is 1. The van der Waals surface area contributed by atoms with E-state index in [0.717, 1.165) is 16.8 Å². The number of carbonyl (C=O) groups is 1. The number of aliphatic hydroxyl groups excluding tert-OH is 1. The molecule has 0 fully saturated rings. The largest absolute Gasteiger partial charge is 0.387 e. The van der Waals surface area contributed by atoms with Crippen molar-refractivity contribution in [1.29, 1.82) is 0 Å². The lowest BCUT2D eigenvalue weighted by Gasteiger charge is -2.10. The molecule has 2 rings (SSSR count). The quantitative estimate of drug-likeness (QED) is 0.319. The van der Waals surface area contributed by atoms with Gasteiger partial charge in [-0.3, -0.25) is 4.79 Å². The van der Waals surface area contributed by atoms with Gasteiger partial charge in [-0.1, -0.05) is 12.1 Å².